The van der Waals surface area contributed by atoms with E-state index in [1.807, 2.05) is 36.9 Å². The van der Waals surface area contributed by atoms with Crippen LogP contribution in [0.2, 0.25) is 0 Å². The Balaban J connectivity index is 2.03. The maximum absolute atomic E-state index is 12.2. The fourth-order valence-corrected chi connectivity index (χ4v) is 3.07. The van der Waals surface area contributed by atoms with E-state index in [1.54, 1.807) is 7.05 Å². The molecule has 5 heteroatoms. The summed E-state index contributed by atoms with van der Waals surface area (Å²) in [4.78, 5) is 16.3. The van der Waals surface area contributed by atoms with Crippen molar-refractivity contribution in [1.82, 2.24) is 9.80 Å². The van der Waals surface area contributed by atoms with Crippen molar-refractivity contribution in [2.24, 2.45) is 5.41 Å². The molecule has 0 radical (unpaired) electrons. The van der Waals surface area contributed by atoms with Gasteiger partial charge in [-0.25, -0.2) is 0 Å². The van der Waals surface area contributed by atoms with Crippen LogP contribution >= 0.6 is 24.4 Å². The highest BCUT2D eigenvalue weighted by molar-refractivity contribution is 7.82. The SMILES string of the molecule is CN1C(=O)C(C)(C)C(=S)N(CCCc2ccccc2)C1=S. The van der Waals surface area contributed by atoms with Crippen LogP contribution in [-0.4, -0.2) is 39.4 Å². The number of benzene rings is 1. The van der Waals surface area contributed by atoms with Crippen LogP contribution in [0, 0.1) is 5.41 Å². The van der Waals surface area contributed by atoms with E-state index in [0.29, 0.717) is 10.1 Å². The molecule has 1 heterocycles. The molecule has 0 atom stereocenters. The van der Waals surface area contributed by atoms with E-state index in [1.165, 1.54) is 10.5 Å². The third-order valence-electron chi connectivity index (χ3n) is 3.83. The van der Waals surface area contributed by atoms with Gasteiger partial charge in [-0.15, -0.1) is 0 Å². The van der Waals surface area contributed by atoms with Crippen LogP contribution in [0.4, 0.5) is 0 Å². The van der Waals surface area contributed by atoms with Gasteiger partial charge in [0.25, 0.3) is 0 Å². The van der Waals surface area contributed by atoms with E-state index in [2.05, 4.69) is 12.1 Å². The zero-order valence-electron chi connectivity index (χ0n) is 12.6. The summed E-state index contributed by atoms with van der Waals surface area (Å²) in [6.07, 6.45) is 1.92. The first-order valence-corrected chi connectivity index (χ1v) is 7.85. The van der Waals surface area contributed by atoms with Gasteiger partial charge >= 0.3 is 0 Å². The molecule has 3 nitrogen and oxygen atoms in total. The van der Waals surface area contributed by atoms with Gasteiger partial charge in [0.05, 0.1) is 10.4 Å². The first-order valence-electron chi connectivity index (χ1n) is 7.03. The number of carbonyl (C=O) groups excluding carboxylic acids is 1. The molecule has 0 aliphatic carbocycles. The van der Waals surface area contributed by atoms with Gasteiger partial charge in [0.15, 0.2) is 5.11 Å². The smallest absolute Gasteiger partial charge is 0.240 e. The third kappa shape index (κ3) is 3.14. The number of nitrogens with zero attached hydrogens (tertiary/aromatic N) is 2. The highest BCUT2D eigenvalue weighted by Crippen LogP contribution is 2.29. The summed E-state index contributed by atoms with van der Waals surface area (Å²) in [5.74, 6) is -0.0307. The molecule has 1 aromatic carbocycles. The maximum Gasteiger partial charge on any atom is 0.240 e. The van der Waals surface area contributed by atoms with Crippen molar-refractivity contribution < 1.29 is 4.79 Å². The Morgan fingerprint density at radius 3 is 2.38 bits per heavy atom. The van der Waals surface area contributed by atoms with Crippen LogP contribution in [0.3, 0.4) is 0 Å². The second kappa shape index (κ2) is 6.20. The van der Waals surface area contributed by atoms with Gasteiger partial charge in [-0.1, -0.05) is 42.5 Å². The number of aryl methyl sites for hydroxylation is 1. The number of carbonyl (C=O) groups is 1. The van der Waals surface area contributed by atoms with Gasteiger partial charge in [-0.2, -0.15) is 0 Å². The molecule has 21 heavy (non-hydrogen) atoms. The van der Waals surface area contributed by atoms with Crippen LogP contribution < -0.4 is 0 Å². The molecule has 1 aliphatic heterocycles. The van der Waals surface area contributed by atoms with E-state index in [0.717, 1.165) is 19.4 Å². The standard InChI is InChI=1S/C16H20N2OS2/c1-16(2)13(19)17(3)15(21)18(14(16)20)11-7-10-12-8-5-4-6-9-12/h4-6,8-9H,7,10-11H2,1-3H3. The van der Waals surface area contributed by atoms with Gasteiger partial charge < -0.3 is 4.90 Å². The van der Waals surface area contributed by atoms with Crippen LogP contribution in [0.1, 0.15) is 25.8 Å². The Morgan fingerprint density at radius 1 is 1.14 bits per heavy atom. The van der Waals surface area contributed by atoms with Gasteiger partial charge in [-0.05, 0) is 44.5 Å². The maximum atomic E-state index is 12.2. The van der Waals surface area contributed by atoms with E-state index in [9.17, 15) is 4.79 Å². The monoisotopic (exact) mass is 320 g/mol. The van der Waals surface area contributed by atoms with Crippen molar-refractivity contribution in [3.8, 4) is 0 Å². The minimum atomic E-state index is -0.668. The summed E-state index contributed by atoms with van der Waals surface area (Å²) in [6.45, 7) is 4.47. The first kappa shape index (κ1) is 16.0. The minimum Gasteiger partial charge on any atom is -0.312 e. The summed E-state index contributed by atoms with van der Waals surface area (Å²) in [5.41, 5.74) is 0.633. The second-order valence-electron chi connectivity index (χ2n) is 5.82. The molecule has 1 saturated heterocycles. The lowest BCUT2D eigenvalue weighted by Crippen LogP contribution is -2.61. The summed E-state index contributed by atoms with van der Waals surface area (Å²) in [6, 6.07) is 10.3. The highest BCUT2D eigenvalue weighted by Gasteiger charge is 2.45. The zero-order valence-corrected chi connectivity index (χ0v) is 14.3. The summed E-state index contributed by atoms with van der Waals surface area (Å²) in [5, 5.41) is 0.511. The van der Waals surface area contributed by atoms with Crippen molar-refractivity contribution >= 4 is 40.4 Å². The molecule has 112 valence electrons. The molecular formula is C16H20N2OS2. The molecular weight excluding hydrogens is 300 g/mol. The molecule has 1 aliphatic rings. The van der Waals surface area contributed by atoms with Gasteiger partial charge in [0.2, 0.25) is 5.91 Å². The normalized spacial score (nSPS) is 18.3. The number of rotatable bonds is 4. The predicted octanol–water partition coefficient (Wildman–Crippen LogP) is 3.03. The number of thiocarbonyl (C=S) groups is 2. The van der Waals surface area contributed by atoms with Crippen LogP contribution in [0.5, 0.6) is 0 Å². The van der Waals surface area contributed by atoms with E-state index < -0.39 is 5.41 Å². The van der Waals surface area contributed by atoms with Crippen LogP contribution in [0.15, 0.2) is 30.3 Å². The van der Waals surface area contributed by atoms with Crippen molar-refractivity contribution in [2.75, 3.05) is 13.6 Å². The Hall–Kier alpha value is -1.33. The first-order chi connectivity index (χ1) is 9.85. The zero-order chi connectivity index (χ0) is 15.6. The number of hydrogen-bond acceptors (Lipinski definition) is 3. The average molecular weight is 320 g/mol. The summed E-state index contributed by atoms with van der Waals surface area (Å²) in [7, 11) is 1.72. The van der Waals surface area contributed by atoms with Gasteiger partial charge in [0.1, 0.15) is 0 Å². The Labute approximate surface area is 136 Å². The molecule has 1 amide bonds. The Bertz CT molecular complexity index is 569. The lowest BCUT2D eigenvalue weighted by molar-refractivity contribution is -0.133. The lowest BCUT2D eigenvalue weighted by Gasteiger charge is -2.43. The molecule has 0 N–H and O–H groups in total. The molecule has 0 spiro atoms. The van der Waals surface area contributed by atoms with Crippen molar-refractivity contribution in [2.45, 2.75) is 26.7 Å². The topological polar surface area (TPSA) is 23.6 Å². The largest absolute Gasteiger partial charge is 0.312 e. The van der Waals surface area contributed by atoms with E-state index in [4.69, 9.17) is 24.4 Å². The predicted molar refractivity (Wildman–Crippen MR) is 93.2 cm³/mol. The van der Waals surface area contributed by atoms with Crippen molar-refractivity contribution in [1.29, 1.82) is 0 Å². The summed E-state index contributed by atoms with van der Waals surface area (Å²) >= 11 is 10.9. The van der Waals surface area contributed by atoms with Gasteiger partial charge in [-0.3, -0.25) is 9.69 Å². The molecule has 1 aromatic rings. The third-order valence-corrected chi connectivity index (χ3v) is 5.05. The van der Waals surface area contributed by atoms with Crippen LogP contribution in [-0.2, 0) is 11.2 Å². The molecule has 1 fully saturated rings. The molecule has 0 saturated carbocycles. The average Bonchev–Trinajstić information content (AvgIpc) is 2.48. The van der Waals surface area contributed by atoms with E-state index >= 15 is 0 Å². The van der Waals surface area contributed by atoms with Crippen molar-refractivity contribution in [3.63, 3.8) is 0 Å². The molecule has 0 bridgehead atoms. The van der Waals surface area contributed by atoms with Crippen LogP contribution in [0.25, 0.3) is 0 Å². The molecule has 0 unspecified atom stereocenters. The van der Waals surface area contributed by atoms with Gasteiger partial charge in [0, 0.05) is 13.6 Å². The fourth-order valence-electron chi connectivity index (χ4n) is 2.49. The fraction of sp³-hybridized carbons (Fsp3) is 0.438. The Morgan fingerprint density at radius 2 is 1.76 bits per heavy atom. The molecule has 2 rings (SSSR count). The lowest BCUT2D eigenvalue weighted by atomic mass is 9.89. The number of amides is 1. The quantitative estimate of drug-likeness (QED) is 0.796. The summed E-state index contributed by atoms with van der Waals surface area (Å²) < 4.78 is 0. The highest BCUT2D eigenvalue weighted by atomic mass is 32.1. The van der Waals surface area contributed by atoms with E-state index in [-0.39, 0.29) is 5.91 Å². The number of hydrogen-bond donors (Lipinski definition) is 0. The minimum absolute atomic E-state index is 0.0307. The Kier molecular flexibility index (Phi) is 4.74. The molecule has 0 aromatic heterocycles. The second-order valence-corrected chi connectivity index (χ2v) is 6.57. The van der Waals surface area contributed by atoms with Crippen molar-refractivity contribution in [3.05, 3.63) is 35.9 Å².